The van der Waals surface area contributed by atoms with Crippen LogP contribution in [0.25, 0.3) is 33.8 Å². The van der Waals surface area contributed by atoms with E-state index in [2.05, 4.69) is 19.7 Å². The standard InChI is InChI=1S/C21H21FN6/c22-17-7-2-1-6-16(17)21-26-18-9-8-13(20-24-12-25-27-20)10-19(18)28(21)15-5-3-4-14(23)11-15/h1-2,6-10,12,14-15H,3-5,11,23H2,(H,24,25,27). The molecule has 4 aromatic rings. The van der Waals surface area contributed by atoms with Gasteiger partial charge in [-0.2, -0.15) is 5.10 Å². The Hall–Kier alpha value is -3.06. The fourth-order valence-electron chi connectivity index (χ4n) is 4.22. The Morgan fingerprint density at radius 1 is 1.14 bits per heavy atom. The van der Waals surface area contributed by atoms with Gasteiger partial charge in [0, 0.05) is 17.6 Å². The lowest BCUT2D eigenvalue weighted by molar-refractivity contribution is 0.327. The molecule has 1 aliphatic rings. The van der Waals surface area contributed by atoms with E-state index in [4.69, 9.17) is 10.7 Å². The van der Waals surface area contributed by atoms with Crippen LogP contribution in [0.1, 0.15) is 31.7 Å². The number of aromatic amines is 1. The van der Waals surface area contributed by atoms with Gasteiger partial charge < -0.3 is 10.3 Å². The first-order chi connectivity index (χ1) is 13.7. The van der Waals surface area contributed by atoms with Crippen molar-refractivity contribution in [3.8, 4) is 22.8 Å². The van der Waals surface area contributed by atoms with Crippen LogP contribution in [0.3, 0.4) is 0 Å². The Labute approximate surface area is 161 Å². The molecule has 1 saturated carbocycles. The molecule has 0 bridgehead atoms. The van der Waals surface area contributed by atoms with Crippen LogP contribution < -0.4 is 5.73 Å². The molecule has 0 amide bonds. The van der Waals surface area contributed by atoms with Crippen molar-refractivity contribution in [2.75, 3.05) is 0 Å². The third-order valence-corrected chi connectivity index (χ3v) is 5.54. The highest BCUT2D eigenvalue weighted by Crippen LogP contribution is 2.37. The van der Waals surface area contributed by atoms with Gasteiger partial charge in [-0.25, -0.2) is 14.4 Å². The molecule has 0 spiro atoms. The Morgan fingerprint density at radius 2 is 2.04 bits per heavy atom. The molecule has 2 heterocycles. The molecule has 28 heavy (non-hydrogen) atoms. The minimum Gasteiger partial charge on any atom is -0.328 e. The Balaban J connectivity index is 1.74. The summed E-state index contributed by atoms with van der Waals surface area (Å²) < 4.78 is 16.8. The van der Waals surface area contributed by atoms with Gasteiger partial charge in [0.15, 0.2) is 5.82 Å². The molecule has 2 unspecified atom stereocenters. The lowest BCUT2D eigenvalue weighted by atomic mass is 9.91. The van der Waals surface area contributed by atoms with E-state index in [0.29, 0.717) is 17.2 Å². The fourth-order valence-corrected chi connectivity index (χ4v) is 4.22. The molecular weight excluding hydrogens is 355 g/mol. The number of H-pyrrole nitrogens is 1. The van der Waals surface area contributed by atoms with Crippen molar-refractivity contribution in [3.63, 3.8) is 0 Å². The average Bonchev–Trinajstić information content (AvgIpc) is 3.36. The number of rotatable bonds is 3. The van der Waals surface area contributed by atoms with Crippen LogP contribution >= 0.6 is 0 Å². The molecule has 6 nitrogen and oxygen atoms in total. The molecule has 142 valence electrons. The highest BCUT2D eigenvalue weighted by Gasteiger charge is 2.26. The van der Waals surface area contributed by atoms with Crippen molar-refractivity contribution < 1.29 is 4.39 Å². The average molecular weight is 376 g/mol. The maximum absolute atomic E-state index is 14.6. The summed E-state index contributed by atoms with van der Waals surface area (Å²) in [6.45, 7) is 0. The van der Waals surface area contributed by atoms with Crippen molar-refractivity contribution >= 4 is 11.0 Å². The van der Waals surface area contributed by atoms with E-state index in [-0.39, 0.29) is 17.9 Å². The highest BCUT2D eigenvalue weighted by atomic mass is 19.1. The molecule has 2 aromatic heterocycles. The molecule has 0 radical (unpaired) electrons. The lowest BCUT2D eigenvalue weighted by Gasteiger charge is -2.29. The number of nitrogens with zero attached hydrogens (tertiary/aromatic N) is 4. The molecular formula is C21H21FN6. The maximum Gasteiger partial charge on any atom is 0.155 e. The Bertz CT molecular complexity index is 1120. The SMILES string of the molecule is NC1CCCC(n2c(-c3ccccc3F)nc3ccc(-c4ncn[nH]4)cc32)C1. The van der Waals surface area contributed by atoms with Gasteiger partial charge >= 0.3 is 0 Å². The number of halogens is 1. The minimum absolute atomic E-state index is 0.155. The number of nitrogens with one attached hydrogen (secondary N) is 1. The van der Waals surface area contributed by atoms with Gasteiger partial charge in [0.25, 0.3) is 0 Å². The normalized spacial score (nSPS) is 19.9. The predicted octanol–water partition coefficient (Wildman–Crippen LogP) is 4.07. The lowest BCUT2D eigenvalue weighted by Crippen LogP contribution is -2.29. The number of nitrogens with two attached hydrogens (primary N) is 1. The summed E-state index contributed by atoms with van der Waals surface area (Å²) in [5.41, 5.74) is 9.50. The predicted molar refractivity (Wildman–Crippen MR) is 106 cm³/mol. The summed E-state index contributed by atoms with van der Waals surface area (Å²) in [6.07, 6.45) is 5.44. The topological polar surface area (TPSA) is 85.4 Å². The Morgan fingerprint density at radius 3 is 2.82 bits per heavy atom. The summed E-state index contributed by atoms with van der Waals surface area (Å²) in [5, 5.41) is 6.84. The molecule has 5 rings (SSSR count). The van der Waals surface area contributed by atoms with Gasteiger partial charge in [-0.1, -0.05) is 12.1 Å². The maximum atomic E-state index is 14.6. The zero-order chi connectivity index (χ0) is 19.1. The van der Waals surface area contributed by atoms with Crippen molar-refractivity contribution in [1.29, 1.82) is 0 Å². The molecule has 0 saturated heterocycles. The smallest absolute Gasteiger partial charge is 0.155 e. The number of imidazole rings is 1. The van der Waals surface area contributed by atoms with E-state index in [1.54, 1.807) is 12.1 Å². The van der Waals surface area contributed by atoms with Gasteiger partial charge in [-0.05, 0) is 56.0 Å². The summed E-state index contributed by atoms with van der Waals surface area (Å²) >= 11 is 0. The number of fused-ring (bicyclic) bond motifs is 1. The molecule has 3 N–H and O–H groups in total. The quantitative estimate of drug-likeness (QED) is 0.564. The van der Waals surface area contributed by atoms with Gasteiger partial charge in [0.05, 0.1) is 16.6 Å². The second kappa shape index (κ2) is 6.83. The van der Waals surface area contributed by atoms with Crippen LogP contribution in [0.5, 0.6) is 0 Å². The van der Waals surface area contributed by atoms with Gasteiger partial charge in [0.2, 0.25) is 0 Å². The van der Waals surface area contributed by atoms with Crippen LogP contribution in [-0.2, 0) is 0 Å². The van der Waals surface area contributed by atoms with E-state index in [9.17, 15) is 4.39 Å². The third kappa shape index (κ3) is 2.88. The zero-order valence-corrected chi connectivity index (χ0v) is 15.3. The van der Waals surface area contributed by atoms with Crippen molar-refractivity contribution in [2.45, 2.75) is 37.8 Å². The monoisotopic (exact) mass is 376 g/mol. The zero-order valence-electron chi connectivity index (χ0n) is 15.3. The van der Waals surface area contributed by atoms with E-state index in [1.807, 2.05) is 24.3 Å². The van der Waals surface area contributed by atoms with Crippen molar-refractivity contribution in [2.24, 2.45) is 5.73 Å². The van der Waals surface area contributed by atoms with Crippen LogP contribution in [0.15, 0.2) is 48.8 Å². The van der Waals surface area contributed by atoms with E-state index in [0.717, 1.165) is 42.3 Å². The van der Waals surface area contributed by atoms with Crippen LogP contribution in [0.2, 0.25) is 0 Å². The first-order valence-corrected chi connectivity index (χ1v) is 9.59. The van der Waals surface area contributed by atoms with Crippen molar-refractivity contribution in [1.82, 2.24) is 24.7 Å². The second-order valence-electron chi connectivity index (χ2n) is 7.40. The van der Waals surface area contributed by atoms with Gasteiger partial charge in [-0.3, -0.25) is 5.10 Å². The number of benzene rings is 2. The van der Waals surface area contributed by atoms with E-state index in [1.165, 1.54) is 12.4 Å². The summed E-state index contributed by atoms with van der Waals surface area (Å²) in [7, 11) is 0. The summed E-state index contributed by atoms with van der Waals surface area (Å²) in [5.74, 6) is 1.08. The molecule has 0 aliphatic heterocycles. The van der Waals surface area contributed by atoms with E-state index < -0.39 is 0 Å². The van der Waals surface area contributed by atoms with Gasteiger partial charge in [0.1, 0.15) is 18.0 Å². The van der Waals surface area contributed by atoms with E-state index >= 15 is 0 Å². The molecule has 7 heteroatoms. The fraction of sp³-hybridized carbons (Fsp3) is 0.286. The largest absolute Gasteiger partial charge is 0.328 e. The third-order valence-electron chi connectivity index (χ3n) is 5.54. The van der Waals surface area contributed by atoms with Crippen molar-refractivity contribution in [3.05, 3.63) is 54.6 Å². The van der Waals surface area contributed by atoms with Crippen LogP contribution in [0, 0.1) is 5.82 Å². The molecule has 1 aliphatic carbocycles. The van der Waals surface area contributed by atoms with Gasteiger partial charge in [-0.15, -0.1) is 0 Å². The number of hydrogen-bond acceptors (Lipinski definition) is 4. The number of hydrogen-bond donors (Lipinski definition) is 2. The molecule has 1 fully saturated rings. The second-order valence-corrected chi connectivity index (χ2v) is 7.40. The first-order valence-electron chi connectivity index (χ1n) is 9.59. The summed E-state index contributed by atoms with van der Waals surface area (Å²) in [4.78, 5) is 9.05. The number of aromatic nitrogens is 5. The van der Waals surface area contributed by atoms with Crippen LogP contribution in [-0.4, -0.2) is 30.8 Å². The minimum atomic E-state index is -0.269. The summed E-state index contributed by atoms with van der Waals surface area (Å²) in [6, 6.07) is 13.1. The molecule has 2 aromatic carbocycles. The molecule has 2 atom stereocenters. The Kier molecular flexibility index (Phi) is 4.16. The highest BCUT2D eigenvalue weighted by molar-refractivity contribution is 5.85. The van der Waals surface area contributed by atoms with Crippen LogP contribution in [0.4, 0.5) is 4.39 Å². The first kappa shape index (κ1) is 17.1.